The summed E-state index contributed by atoms with van der Waals surface area (Å²) >= 11 is 0. The lowest BCUT2D eigenvalue weighted by Crippen LogP contribution is -2.16. The lowest BCUT2D eigenvalue weighted by atomic mass is 9.92. The summed E-state index contributed by atoms with van der Waals surface area (Å²) in [5.41, 5.74) is 0. The predicted molar refractivity (Wildman–Crippen MR) is 56.0 cm³/mol. The quantitative estimate of drug-likeness (QED) is 0.646. The Balaban J connectivity index is 1.83. The van der Waals surface area contributed by atoms with Gasteiger partial charge in [-0.2, -0.15) is 0 Å². The van der Waals surface area contributed by atoms with Gasteiger partial charge in [0.1, 0.15) is 0 Å². The first-order valence-corrected chi connectivity index (χ1v) is 5.76. The van der Waals surface area contributed by atoms with E-state index < -0.39 is 0 Å². The fraction of sp³-hybridized carbons (Fsp3) is 0.833. The summed E-state index contributed by atoms with van der Waals surface area (Å²) in [6.45, 7) is 3.68. The Hall–Kier alpha value is -0.340. The van der Waals surface area contributed by atoms with Crippen molar-refractivity contribution in [2.45, 2.75) is 38.9 Å². The van der Waals surface area contributed by atoms with Crippen molar-refractivity contribution < 1.29 is 9.47 Å². The molecule has 0 amide bonds. The molecule has 1 saturated carbocycles. The Labute approximate surface area is 86.3 Å². The molecule has 0 unspecified atom stereocenters. The highest BCUT2D eigenvalue weighted by atomic mass is 16.7. The Bertz CT molecular complexity index is 194. The highest BCUT2D eigenvalue weighted by molar-refractivity contribution is 4.93. The van der Waals surface area contributed by atoms with Crippen molar-refractivity contribution in [2.24, 2.45) is 11.8 Å². The minimum atomic E-state index is 0.0888. The van der Waals surface area contributed by atoms with Gasteiger partial charge < -0.3 is 9.47 Å². The maximum atomic E-state index is 5.50. The topological polar surface area (TPSA) is 18.5 Å². The zero-order valence-corrected chi connectivity index (χ0v) is 8.95. The van der Waals surface area contributed by atoms with Gasteiger partial charge in [-0.1, -0.05) is 18.6 Å². The molecule has 80 valence electrons. The second-order valence-electron chi connectivity index (χ2n) is 4.29. The molecule has 0 aromatic heterocycles. The van der Waals surface area contributed by atoms with Gasteiger partial charge in [-0.25, -0.2) is 0 Å². The average Bonchev–Trinajstić information content (AvgIpc) is 2.80. The van der Waals surface area contributed by atoms with Crippen molar-refractivity contribution in [1.29, 1.82) is 0 Å². The third kappa shape index (κ3) is 2.37. The molecule has 2 rings (SSSR count). The van der Waals surface area contributed by atoms with Gasteiger partial charge in [0, 0.05) is 6.42 Å². The maximum Gasteiger partial charge on any atom is 0.158 e. The summed E-state index contributed by atoms with van der Waals surface area (Å²) in [6, 6.07) is 0. The predicted octanol–water partition coefficient (Wildman–Crippen LogP) is 2.74. The molecule has 0 radical (unpaired) electrons. The van der Waals surface area contributed by atoms with Crippen molar-refractivity contribution in [3.05, 3.63) is 12.2 Å². The number of rotatable bonds is 3. The van der Waals surface area contributed by atoms with Crippen LogP contribution in [0, 0.1) is 11.8 Å². The summed E-state index contributed by atoms with van der Waals surface area (Å²) in [7, 11) is 0. The van der Waals surface area contributed by atoms with E-state index in [4.69, 9.17) is 9.47 Å². The van der Waals surface area contributed by atoms with Gasteiger partial charge >= 0.3 is 0 Å². The zero-order valence-electron chi connectivity index (χ0n) is 8.95. The molecule has 2 nitrogen and oxygen atoms in total. The summed E-state index contributed by atoms with van der Waals surface area (Å²) in [5.74, 6) is 1.56. The van der Waals surface area contributed by atoms with E-state index in [9.17, 15) is 0 Å². The maximum absolute atomic E-state index is 5.50. The van der Waals surface area contributed by atoms with Crippen molar-refractivity contribution in [3.63, 3.8) is 0 Å². The van der Waals surface area contributed by atoms with Crippen molar-refractivity contribution in [3.8, 4) is 0 Å². The van der Waals surface area contributed by atoms with Crippen LogP contribution in [0.1, 0.15) is 32.6 Å². The SMILES string of the molecule is C/C=C\[C@H]1CCC[C@H]1CC1OCCO1. The molecule has 1 saturated heterocycles. The van der Waals surface area contributed by atoms with Crippen LogP contribution in [0.25, 0.3) is 0 Å². The lowest BCUT2D eigenvalue weighted by molar-refractivity contribution is -0.0585. The third-order valence-corrected chi connectivity index (χ3v) is 3.34. The summed E-state index contributed by atoms with van der Waals surface area (Å²) < 4.78 is 11.0. The van der Waals surface area contributed by atoms with Crippen LogP contribution in [-0.2, 0) is 9.47 Å². The minimum absolute atomic E-state index is 0.0888. The Morgan fingerprint density at radius 1 is 1.21 bits per heavy atom. The largest absolute Gasteiger partial charge is 0.350 e. The van der Waals surface area contributed by atoms with E-state index in [1.807, 2.05) is 0 Å². The number of allylic oxidation sites excluding steroid dienone is 2. The molecule has 2 fully saturated rings. The average molecular weight is 196 g/mol. The molecule has 1 heterocycles. The Kier molecular flexibility index (Phi) is 3.60. The fourth-order valence-electron chi connectivity index (χ4n) is 2.65. The van der Waals surface area contributed by atoms with Gasteiger partial charge in [-0.3, -0.25) is 0 Å². The molecule has 0 spiro atoms. The highest BCUT2D eigenvalue weighted by Crippen LogP contribution is 2.36. The summed E-state index contributed by atoms with van der Waals surface area (Å²) in [5, 5.41) is 0. The first kappa shape index (κ1) is 10.2. The molecule has 0 bridgehead atoms. The molecule has 2 heteroatoms. The van der Waals surface area contributed by atoms with Crippen molar-refractivity contribution in [1.82, 2.24) is 0 Å². The number of hydrogen-bond acceptors (Lipinski definition) is 2. The van der Waals surface area contributed by atoms with Crippen LogP contribution in [-0.4, -0.2) is 19.5 Å². The fourth-order valence-corrected chi connectivity index (χ4v) is 2.65. The summed E-state index contributed by atoms with van der Waals surface area (Å²) in [6.07, 6.45) is 9.78. The lowest BCUT2D eigenvalue weighted by Gasteiger charge is -2.19. The smallest absolute Gasteiger partial charge is 0.158 e. The molecule has 1 aliphatic carbocycles. The van der Waals surface area contributed by atoms with E-state index in [-0.39, 0.29) is 6.29 Å². The monoisotopic (exact) mass is 196 g/mol. The summed E-state index contributed by atoms with van der Waals surface area (Å²) in [4.78, 5) is 0. The minimum Gasteiger partial charge on any atom is -0.350 e. The standard InChI is InChI=1S/C12H20O2/c1-2-4-10-5-3-6-11(10)9-12-13-7-8-14-12/h2,4,10-12H,3,5-9H2,1H3/b4-2-/t10-,11-/m0/s1. The van der Waals surface area contributed by atoms with Crippen LogP contribution in [0.2, 0.25) is 0 Å². The van der Waals surface area contributed by atoms with Crippen molar-refractivity contribution >= 4 is 0 Å². The molecule has 1 aliphatic heterocycles. The Morgan fingerprint density at radius 2 is 2.00 bits per heavy atom. The molecule has 0 N–H and O–H groups in total. The first-order valence-electron chi connectivity index (χ1n) is 5.76. The van der Waals surface area contributed by atoms with E-state index in [1.165, 1.54) is 19.3 Å². The third-order valence-electron chi connectivity index (χ3n) is 3.34. The van der Waals surface area contributed by atoms with Crippen LogP contribution in [0.3, 0.4) is 0 Å². The van der Waals surface area contributed by atoms with Crippen LogP contribution in [0.5, 0.6) is 0 Å². The van der Waals surface area contributed by atoms with Gasteiger partial charge in [-0.05, 0) is 31.6 Å². The van der Waals surface area contributed by atoms with Gasteiger partial charge in [0.05, 0.1) is 13.2 Å². The second-order valence-corrected chi connectivity index (χ2v) is 4.29. The van der Waals surface area contributed by atoms with E-state index in [2.05, 4.69) is 19.1 Å². The van der Waals surface area contributed by atoms with E-state index in [0.717, 1.165) is 31.5 Å². The van der Waals surface area contributed by atoms with Crippen LogP contribution in [0.15, 0.2) is 12.2 Å². The normalized spacial score (nSPS) is 34.6. The number of hydrogen-bond donors (Lipinski definition) is 0. The van der Waals surface area contributed by atoms with Crippen LogP contribution in [0.4, 0.5) is 0 Å². The first-order chi connectivity index (χ1) is 6.90. The van der Waals surface area contributed by atoms with Gasteiger partial charge in [0.2, 0.25) is 0 Å². The molecular weight excluding hydrogens is 176 g/mol. The Morgan fingerprint density at radius 3 is 2.71 bits per heavy atom. The molecule has 0 aromatic rings. The van der Waals surface area contributed by atoms with Gasteiger partial charge in [-0.15, -0.1) is 0 Å². The van der Waals surface area contributed by atoms with Crippen molar-refractivity contribution in [2.75, 3.05) is 13.2 Å². The molecule has 14 heavy (non-hydrogen) atoms. The van der Waals surface area contributed by atoms with Gasteiger partial charge in [0.25, 0.3) is 0 Å². The number of ether oxygens (including phenoxy) is 2. The van der Waals surface area contributed by atoms with Crippen LogP contribution < -0.4 is 0 Å². The molecule has 2 aliphatic rings. The van der Waals surface area contributed by atoms with Gasteiger partial charge in [0.15, 0.2) is 6.29 Å². The van der Waals surface area contributed by atoms with E-state index in [0.29, 0.717) is 0 Å². The molecular formula is C12H20O2. The highest BCUT2D eigenvalue weighted by Gasteiger charge is 2.29. The molecule has 0 aromatic carbocycles. The van der Waals surface area contributed by atoms with E-state index >= 15 is 0 Å². The second kappa shape index (κ2) is 4.94. The van der Waals surface area contributed by atoms with E-state index in [1.54, 1.807) is 0 Å². The van der Waals surface area contributed by atoms with Crippen LogP contribution >= 0.6 is 0 Å². The molecule has 2 atom stereocenters. The zero-order chi connectivity index (χ0) is 9.80.